The standard InChI is InChI=1S/C28H36N4O/c1-6-10-22(7-2)26(30-5)17-24(20(4)33)27-16-23-15-21(12-13-25(23)31-27)18-32-14-9-8-11-28(32)19(3)29/h6-7,10,12-13,15-17,28,31H,3,8-9,11,14,18,29H2,1-2,4-5H3/b10-6-,22-7+,24-17+,30-26?. The number of aliphatic imine (C=N–C) groups is 1. The van der Waals surface area contributed by atoms with Crippen LogP contribution in [-0.4, -0.2) is 41.0 Å². The molecule has 5 heteroatoms. The minimum Gasteiger partial charge on any atom is -0.401 e. The van der Waals surface area contributed by atoms with Crippen LogP contribution < -0.4 is 5.73 Å². The minimum atomic E-state index is -0.00326. The molecule has 3 N–H and O–H groups in total. The van der Waals surface area contributed by atoms with Crippen molar-refractivity contribution in [3.05, 3.63) is 77.7 Å². The normalized spacial score (nSPS) is 18.9. The Morgan fingerprint density at radius 2 is 2.09 bits per heavy atom. The number of ketones is 1. The van der Waals surface area contributed by atoms with Gasteiger partial charge in [0.1, 0.15) is 0 Å². The summed E-state index contributed by atoms with van der Waals surface area (Å²) in [4.78, 5) is 22.8. The largest absolute Gasteiger partial charge is 0.401 e. The third-order valence-electron chi connectivity index (χ3n) is 6.26. The number of allylic oxidation sites excluding steroid dienone is 6. The van der Waals surface area contributed by atoms with Gasteiger partial charge >= 0.3 is 0 Å². The van der Waals surface area contributed by atoms with Gasteiger partial charge in [0.05, 0.1) is 11.4 Å². The van der Waals surface area contributed by atoms with E-state index in [1.165, 1.54) is 18.4 Å². The highest BCUT2D eigenvalue weighted by atomic mass is 16.1. The van der Waals surface area contributed by atoms with Crippen molar-refractivity contribution in [3.63, 3.8) is 0 Å². The fourth-order valence-corrected chi connectivity index (χ4v) is 4.55. The average Bonchev–Trinajstić information content (AvgIpc) is 3.21. The molecule has 1 unspecified atom stereocenters. The number of piperidine rings is 1. The molecule has 0 aliphatic carbocycles. The summed E-state index contributed by atoms with van der Waals surface area (Å²) in [5.74, 6) is -0.00326. The number of hydrogen-bond acceptors (Lipinski definition) is 4. The van der Waals surface area contributed by atoms with Gasteiger partial charge in [-0.1, -0.05) is 37.3 Å². The Morgan fingerprint density at radius 1 is 1.30 bits per heavy atom. The number of H-pyrrole nitrogens is 1. The molecule has 0 spiro atoms. The molecule has 1 aromatic heterocycles. The van der Waals surface area contributed by atoms with Crippen LogP contribution in [0.4, 0.5) is 0 Å². The van der Waals surface area contributed by atoms with E-state index in [9.17, 15) is 4.79 Å². The van der Waals surface area contributed by atoms with E-state index >= 15 is 0 Å². The number of hydrogen-bond donors (Lipinski definition) is 2. The first-order chi connectivity index (χ1) is 15.9. The number of nitrogens with one attached hydrogen (secondary N) is 1. The maximum absolute atomic E-state index is 12.6. The summed E-state index contributed by atoms with van der Waals surface area (Å²) in [6.45, 7) is 11.4. The van der Waals surface area contributed by atoms with E-state index in [4.69, 9.17) is 5.73 Å². The number of rotatable bonds is 8. The molecule has 1 atom stereocenters. The summed E-state index contributed by atoms with van der Waals surface area (Å²) >= 11 is 0. The first kappa shape index (κ1) is 24.5. The Balaban J connectivity index is 1.93. The average molecular weight is 445 g/mol. The maximum Gasteiger partial charge on any atom is 0.161 e. The molecule has 1 aliphatic heterocycles. The van der Waals surface area contributed by atoms with Crippen molar-refractivity contribution in [2.45, 2.75) is 52.6 Å². The number of likely N-dealkylation sites (tertiary alicyclic amines) is 1. The molecular formula is C28H36N4O. The van der Waals surface area contributed by atoms with Gasteiger partial charge in [0.2, 0.25) is 0 Å². The van der Waals surface area contributed by atoms with Gasteiger partial charge in [-0.2, -0.15) is 0 Å². The number of aromatic amines is 1. The van der Waals surface area contributed by atoms with Gasteiger partial charge in [0, 0.05) is 41.8 Å². The molecule has 1 fully saturated rings. The zero-order valence-electron chi connectivity index (χ0n) is 20.3. The van der Waals surface area contributed by atoms with Crippen LogP contribution >= 0.6 is 0 Å². The lowest BCUT2D eigenvalue weighted by molar-refractivity contribution is -0.111. The quantitative estimate of drug-likeness (QED) is 0.318. The van der Waals surface area contributed by atoms with E-state index in [1.54, 1.807) is 14.0 Å². The first-order valence-corrected chi connectivity index (χ1v) is 11.7. The van der Waals surface area contributed by atoms with Crippen molar-refractivity contribution < 1.29 is 4.79 Å². The third-order valence-corrected chi connectivity index (χ3v) is 6.26. The predicted molar refractivity (Wildman–Crippen MR) is 140 cm³/mol. The molecule has 2 aromatic rings. The number of carbonyl (C=O) groups excluding carboxylic acids is 1. The van der Waals surface area contributed by atoms with Crippen LogP contribution in [0, 0.1) is 0 Å². The molecule has 0 radical (unpaired) electrons. The van der Waals surface area contributed by atoms with Gasteiger partial charge in [-0.3, -0.25) is 14.7 Å². The first-order valence-electron chi connectivity index (χ1n) is 11.7. The summed E-state index contributed by atoms with van der Waals surface area (Å²) in [5.41, 5.74) is 12.2. The van der Waals surface area contributed by atoms with Gasteiger partial charge in [0.25, 0.3) is 0 Å². The zero-order chi connectivity index (χ0) is 24.0. The summed E-state index contributed by atoms with van der Waals surface area (Å²) in [7, 11) is 1.75. The van der Waals surface area contributed by atoms with Crippen LogP contribution in [0.25, 0.3) is 16.5 Å². The van der Waals surface area contributed by atoms with Crippen LogP contribution in [0.15, 0.2) is 71.4 Å². The van der Waals surface area contributed by atoms with Crippen molar-refractivity contribution in [3.8, 4) is 0 Å². The molecule has 1 aliphatic rings. The molecule has 1 saturated heterocycles. The number of nitrogens with two attached hydrogens (primary N) is 1. The Hall–Kier alpha value is -3.18. The van der Waals surface area contributed by atoms with Crippen LogP contribution in [-0.2, 0) is 11.3 Å². The second kappa shape index (κ2) is 11.1. The molecule has 2 heterocycles. The molecule has 0 amide bonds. The van der Waals surface area contributed by atoms with E-state index in [1.807, 2.05) is 38.2 Å². The predicted octanol–water partition coefficient (Wildman–Crippen LogP) is 5.56. The van der Waals surface area contributed by atoms with Crippen molar-refractivity contribution in [2.75, 3.05) is 13.6 Å². The Labute approximate surface area is 197 Å². The fourth-order valence-electron chi connectivity index (χ4n) is 4.55. The minimum absolute atomic E-state index is 0.00326. The van der Waals surface area contributed by atoms with Crippen molar-refractivity contribution >= 4 is 28.0 Å². The summed E-state index contributed by atoms with van der Waals surface area (Å²) < 4.78 is 0. The number of aromatic nitrogens is 1. The van der Waals surface area contributed by atoms with Crippen molar-refractivity contribution in [1.29, 1.82) is 0 Å². The Morgan fingerprint density at radius 3 is 2.73 bits per heavy atom. The lowest BCUT2D eigenvalue weighted by Crippen LogP contribution is -2.41. The summed E-state index contributed by atoms with van der Waals surface area (Å²) in [5, 5.41) is 1.09. The SMILES string of the molecule is C=C(N)C1CCCCN1Cc1ccc2[nH]c(/C(=C/C(=NC)C(/C=C\C)=C/C)C(C)=O)cc2c1. The third kappa shape index (κ3) is 5.79. The van der Waals surface area contributed by atoms with Crippen LogP contribution in [0.2, 0.25) is 0 Å². The van der Waals surface area contributed by atoms with Gasteiger partial charge in [-0.25, -0.2) is 0 Å². The lowest BCUT2D eigenvalue weighted by Gasteiger charge is -2.35. The van der Waals surface area contributed by atoms with E-state index in [0.29, 0.717) is 5.57 Å². The van der Waals surface area contributed by atoms with E-state index < -0.39 is 0 Å². The Kier molecular flexibility index (Phi) is 8.23. The number of fused-ring (bicyclic) bond motifs is 1. The molecule has 0 bridgehead atoms. The van der Waals surface area contributed by atoms with E-state index in [2.05, 4.69) is 45.7 Å². The van der Waals surface area contributed by atoms with Gasteiger partial charge < -0.3 is 10.7 Å². The summed E-state index contributed by atoms with van der Waals surface area (Å²) in [6, 6.07) is 8.74. The lowest BCUT2D eigenvalue weighted by atomic mass is 9.99. The monoisotopic (exact) mass is 444 g/mol. The van der Waals surface area contributed by atoms with Crippen LogP contribution in [0.5, 0.6) is 0 Å². The van der Waals surface area contributed by atoms with Gasteiger partial charge in [-0.05, 0) is 75.6 Å². The molecule has 0 saturated carbocycles. The highest BCUT2D eigenvalue weighted by Crippen LogP contribution is 2.26. The molecule has 1 aromatic carbocycles. The summed E-state index contributed by atoms with van der Waals surface area (Å²) in [6.07, 6.45) is 11.3. The van der Waals surface area contributed by atoms with Crippen molar-refractivity contribution in [2.24, 2.45) is 10.7 Å². The molecular weight excluding hydrogens is 408 g/mol. The second-order valence-corrected chi connectivity index (χ2v) is 8.63. The Bertz CT molecular complexity index is 1150. The highest BCUT2D eigenvalue weighted by molar-refractivity contribution is 6.27. The fraction of sp³-hybridized carbons (Fsp3) is 0.357. The molecule has 3 rings (SSSR count). The zero-order valence-corrected chi connectivity index (χ0v) is 20.3. The van der Waals surface area contributed by atoms with Crippen molar-refractivity contribution in [1.82, 2.24) is 9.88 Å². The smallest absolute Gasteiger partial charge is 0.161 e. The number of benzene rings is 1. The van der Waals surface area contributed by atoms with Crippen LogP contribution in [0.1, 0.15) is 51.3 Å². The second-order valence-electron chi connectivity index (χ2n) is 8.63. The molecule has 174 valence electrons. The van der Waals surface area contributed by atoms with E-state index in [0.717, 1.165) is 53.1 Å². The van der Waals surface area contributed by atoms with Gasteiger partial charge in [-0.15, -0.1) is 0 Å². The number of nitrogens with zero attached hydrogens (tertiary/aromatic N) is 2. The molecule has 5 nitrogen and oxygen atoms in total. The topological polar surface area (TPSA) is 74.5 Å². The number of carbonyl (C=O) groups is 1. The van der Waals surface area contributed by atoms with E-state index in [-0.39, 0.29) is 11.8 Å². The number of Topliss-reactive ketones (excluding diaryl/α,β-unsaturated/α-hetero) is 1. The molecule has 33 heavy (non-hydrogen) atoms. The van der Waals surface area contributed by atoms with Gasteiger partial charge in [0.15, 0.2) is 5.78 Å². The maximum atomic E-state index is 12.6. The van der Waals surface area contributed by atoms with Crippen LogP contribution in [0.3, 0.4) is 0 Å². The highest BCUT2D eigenvalue weighted by Gasteiger charge is 2.23.